The van der Waals surface area contributed by atoms with Crippen molar-refractivity contribution in [3.8, 4) is 0 Å². The Hall–Kier alpha value is -2.10. The number of carbonyl (C=O) groups excluding carboxylic acids is 1. The average molecular weight is 300 g/mol. The number of rotatable bonds is 4. The molecular weight excluding hydrogens is 286 g/mol. The Balaban J connectivity index is 1.90. The number of hydrogen-bond donors (Lipinski definition) is 1. The van der Waals surface area contributed by atoms with Gasteiger partial charge in [0, 0.05) is 23.4 Å². The molecule has 3 aromatic rings. The standard InChI is InChI=1S/C17H14ClNO2/c18-14-5-6-16-13(7-14)9-17(21-16)15(20)8-11-3-1-2-4-12(11)10-19/h1-7,9H,8,10,19H2. The average Bonchev–Trinajstić information content (AvgIpc) is 2.91. The topological polar surface area (TPSA) is 56.2 Å². The summed E-state index contributed by atoms with van der Waals surface area (Å²) in [6, 6.07) is 14.7. The fourth-order valence-electron chi connectivity index (χ4n) is 2.34. The summed E-state index contributed by atoms with van der Waals surface area (Å²) in [5.41, 5.74) is 8.27. The van der Waals surface area contributed by atoms with Gasteiger partial charge in [-0.1, -0.05) is 35.9 Å². The van der Waals surface area contributed by atoms with E-state index in [4.69, 9.17) is 21.8 Å². The maximum absolute atomic E-state index is 12.4. The number of furan rings is 1. The minimum atomic E-state index is -0.0665. The monoisotopic (exact) mass is 299 g/mol. The van der Waals surface area contributed by atoms with Crippen LogP contribution in [0.3, 0.4) is 0 Å². The van der Waals surface area contributed by atoms with E-state index in [1.165, 1.54) is 0 Å². The van der Waals surface area contributed by atoms with Crippen LogP contribution in [0.1, 0.15) is 21.7 Å². The van der Waals surface area contributed by atoms with Gasteiger partial charge in [0.25, 0.3) is 0 Å². The normalized spacial score (nSPS) is 11.0. The van der Waals surface area contributed by atoms with E-state index >= 15 is 0 Å². The van der Waals surface area contributed by atoms with Crippen molar-refractivity contribution < 1.29 is 9.21 Å². The second-order valence-electron chi connectivity index (χ2n) is 4.87. The zero-order valence-corrected chi connectivity index (χ0v) is 12.1. The van der Waals surface area contributed by atoms with E-state index in [2.05, 4.69) is 0 Å². The van der Waals surface area contributed by atoms with Crippen LogP contribution >= 0.6 is 11.6 Å². The van der Waals surface area contributed by atoms with Gasteiger partial charge in [0.2, 0.25) is 5.78 Å². The molecule has 0 bridgehead atoms. The van der Waals surface area contributed by atoms with Crippen molar-refractivity contribution in [2.45, 2.75) is 13.0 Å². The lowest BCUT2D eigenvalue weighted by Gasteiger charge is -2.05. The molecule has 0 aliphatic carbocycles. The minimum absolute atomic E-state index is 0.0665. The molecule has 0 amide bonds. The Bertz CT molecular complexity index is 807. The van der Waals surface area contributed by atoms with Gasteiger partial charge in [-0.25, -0.2) is 0 Å². The van der Waals surface area contributed by atoms with E-state index in [9.17, 15) is 4.79 Å². The Morgan fingerprint density at radius 3 is 2.62 bits per heavy atom. The molecule has 0 aliphatic heterocycles. The molecular formula is C17H14ClNO2. The van der Waals surface area contributed by atoms with E-state index in [1.54, 1.807) is 24.3 Å². The second-order valence-corrected chi connectivity index (χ2v) is 5.30. The van der Waals surface area contributed by atoms with E-state index < -0.39 is 0 Å². The summed E-state index contributed by atoms with van der Waals surface area (Å²) in [5.74, 6) is 0.280. The van der Waals surface area contributed by atoms with E-state index in [0.717, 1.165) is 16.5 Å². The second kappa shape index (κ2) is 5.72. The highest BCUT2D eigenvalue weighted by Gasteiger charge is 2.14. The first kappa shape index (κ1) is 13.9. The van der Waals surface area contributed by atoms with Crippen LogP contribution in [0, 0.1) is 0 Å². The predicted molar refractivity (Wildman–Crippen MR) is 83.6 cm³/mol. The van der Waals surface area contributed by atoms with Crippen LogP contribution in [0.25, 0.3) is 11.0 Å². The molecule has 1 aromatic heterocycles. The number of halogens is 1. The van der Waals surface area contributed by atoms with Crippen LogP contribution in [0.4, 0.5) is 0 Å². The lowest BCUT2D eigenvalue weighted by Crippen LogP contribution is -2.07. The van der Waals surface area contributed by atoms with Crippen molar-refractivity contribution in [2.24, 2.45) is 5.73 Å². The van der Waals surface area contributed by atoms with Crippen LogP contribution < -0.4 is 5.73 Å². The zero-order valence-electron chi connectivity index (χ0n) is 11.3. The molecule has 0 unspecified atom stereocenters. The first-order valence-electron chi connectivity index (χ1n) is 6.66. The third-order valence-electron chi connectivity index (χ3n) is 3.44. The van der Waals surface area contributed by atoms with Crippen molar-refractivity contribution in [1.82, 2.24) is 0 Å². The molecule has 0 spiro atoms. The van der Waals surface area contributed by atoms with Crippen molar-refractivity contribution in [1.29, 1.82) is 0 Å². The van der Waals surface area contributed by atoms with Gasteiger partial charge in [-0.2, -0.15) is 0 Å². The Kier molecular flexibility index (Phi) is 3.78. The molecule has 2 N–H and O–H groups in total. The number of fused-ring (bicyclic) bond motifs is 1. The summed E-state index contributed by atoms with van der Waals surface area (Å²) in [6.45, 7) is 0.416. The fraction of sp³-hybridized carbons (Fsp3) is 0.118. The number of ketones is 1. The molecule has 106 valence electrons. The number of Topliss-reactive ketones (excluding diaryl/α,β-unsaturated/α-hetero) is 1. The first-order valence-corrected chi connectivity index (χ1v) is 7.04. The number of benzene rings is 2. The van der Waals surface area contributed by atoms with Crippen molar-refractivity contribution in [3.05, 3.63) is 70.4 Å². The van der Waals surface area contributed by atoms with Crippen LogP contribution in [-0.4, -0.2) is 5.78 Å². The van der Waals surface area contributed by atoms with Gasteiger partial charge < -0.3 is 10.2 Å². The molecule has 0 radical (unpaired) electrons. The Morgan fingerprint density at radius 1 is 1.10 bits per heavy atom. The third-order valence-corrected chi connectivity index (χ3v) is 3.68. The Labute approximate surface area is 127 Å². The maximum atomic E-state index is 12.4. The van der Waals surface area contributed by atoms with Crippen molar-refractivity contribution in [2.75, 3.05) is 0 Å². The number of nitrogens with two attached hydrogens (primary N) is 1. The quantitative estimate of drug-likeness (QED) is 0.742. The number of carbonyl (C=O) groups is 1. The molecule has 1 heterocycles. The molecule has 2 aromatic carbocycles. The van der Waals surface area contributed by atoms with Gasteiger partial charge >= 0.3 is 0 Å². The molecule has 0 fully saturated rings. The first-order chi connectivity index (χ1) is 10.2. The highest BCUT2D eigenvalue weighted by Crippen LogP contribution is 2.24. The van der Waals surface area contributed by atoms with Crippen molar-refractivity contribution >= 4 is 28.4 Å². The fourth-order valence-corrected chi connectivity index (χ4v) is 2.52. The van der Waals surface area contributed by atoms with Gasteiger partial charge in [-0.05, 0) is 35.4 Å². The summed E-state index contributed by atoms with van der Waals surface area (Å²) >= 11 is 5.94. The van der Waals surface area contributed by atoms with E-state index in [1.807, 2.05) is 24.3 Å². The van der Waals surface area contributed by atoms with E-state index in [0.29, 0.717) is 22.9 Å². The maximum Gasteiger partial charge on any atom is 0.202 e. The van der Waals surface area contributed by atoms with Crippen LogP contribution in [0.5, 0.6) is 0 Å². The molecule has 3 nitrogen and oxygen atoms in total. The lowest BCUT2D eigenvalue weighted by molar-refractivity contribution is 0.0968. The summed E-state index contributed by atoms with van der Waals surface area (Å²) in [6.07, 6.45) is 0.279. The Morgan fingerprint density at radius 2 is 1.86 bits per heavy atom. The molecule has 0 aliphatic rings. The molecule has 0 saturated carbocycles. The van der Waals surface area contributed by atoms with Gasteiger partial charge in [-0.3, -0.25) is 4.79 Å². The number of hydrogen-bond acceptors (Lipinski definition) is 3. The van der Waals surface area contributed by atoms with E-state index in [-0.39, 0.29) is 12.2 Å². The smallest absolute Gasteiger partial charge is 0.202 e. The van der Waals surface area contributed by atoms with Crippen LogP contribution in [-0.2, 0) is 13.0 Å². The van der Waals surface area contributed by atoms with Gasteiger partial charge in [0.05, 0.1) is 0 Å². The van der Waals surface area contributed by atoms with Crippen LogP contribution in [0.2, 0.25) is 5.02 Å². The SMILES string of the molecule is NCc1ccccc1CC(=O)c1cc2cc(Cl)ccc2o1. The largest absolute Gasteiger partial charge is 0.453 e. The van der Waals surface area contributed by atoms with Gasteiger partial charge in [0.1, 0.15) is 5.58 Å². The summed E-state index contributed by atoms with van der Waals surface area (Å²) in [5, 5.41) is 1.45. The molecule has 4 heteroatoms. The lowest BCUT2D eigenvalue weighted by atomic mass is 10.0. The minimum Gasteiger partial charge on any atom is -0.453 e. The predicted octanol–water partition coefficient (Wildman–Crippen LogP) is 3.97. The summed E-state index contributed by atoms with van der Waals surface area (Å²) in [7, 11) is 0. The third kappa shape index (κ3) is 2.84. The zero-order chi connectivity index (χ0) is 14.8. The van der Waals surface area contributed by atoms with Gasteiger partial charge in [0.15, 0.2) is 5.76 Å². The molecule has 21 heavy (non-hydrogen) atoms. The molecule has 0 saturated heterocycles. The van der Waals surface area contributed by atoms with Gasteiger partial charge in [-0.15, -0.1) is 0 Å². The molecule has 0 atom stereocenters. The highest BCUT2D eigenvalue weighted by atomic mass is 35.5. The van der Waals surface area contributed by atoms with Crippen molar-refractivity contribution in [3.63, 3.8) is 0 Å². The molecule has 3 rings (SSSR count). The summed E-state index contributed by atoms with van der Waals surface area (Å²) < 4.78 is 5.59. The highest BCUT2D eigenvalue weighted by molar-refractivity contribution is 6.31. The summed E-state index contributed by atoms with van der Waals surface area (Å²) in [4.78, 5) is 12.4. The van der Waals surface area contributed by atoms with Crippen LogP contribution in [0.15, 0.2) is 52.9 Å².